The molecule has 14 heteroatoms. The van der Waals surface area contributed by atoms with E-state index in [0.29, 0.717) is 9.13 Å². The highest BCUT2D eigenvalue weighted by atomic mass is 127. The van der Waals surface area contributed by atoms with Crippen LogP contribution in [-0.2, 0) is 20.6 Å². The van der Waals surface area contributed by atoms with Crippen LogP contribution in [0.1, 0.15) is 11.1 Å². The standard InChI is InChI=1S/C25H19F4IN4O5/c1-38-20-10-14(12-31-34-24(37)23(36)33-19-8-3-2-7-17(19)26)9-18(30)22(20)39-13-21(35)32-16-6-4-5-15(11-16)25(27,28)29/h2-12H,13H2,1H3,(H,32,35)(H,33,36)(H,34,37)/b31-12-. The molecule has 0 aromatic heterocycles. The number of hydrogen-bond donors (Lipinski definition) is 3. The maximum absolute atomic E-state index is 13.6. The second-order valence-electron chi connectivity index (χ2n) is 7.58. The highest BCUT2D eigenvalue weighted by Crippen LogP contribution is 2.34. The number of methoxy groups -OCH3 is 1. The quantitative estimate of drug-likeness (QED) is 0.108. The molecule has 0 spiro atoms. The molecule has 0 saturated carbocycles. The summed E-state index contributed by atoms with van der Waals surface area (Å²) in [5.41, 5.74) is 1.32. The SMILES string of the molecule is COc1cc(/C=N\NC(=O)C(=O)Nc2ccccc2F)cc(I)c1OCC(=O)Nc1cccc(C(F)(F)F)c1. The fourth-order valence-electron chi connectivity index (χ4n) is 3.02. The Balaban J connectivity index is 1.59. The van der Waals surface area contributed by atoms with Crippen LogP contribution in [0.25, 0.3) is 0 Å². The summed E-state index contributed by atoms with van der Waals surface area (Å²) in [5.74, 6) is -3.30. The van der Waals surface area contributed by atoms with E-state index in [1.807, 2.05) is 28.0 Å². The summed E-state index contributed by atoms with van der Waals surface area (Å²) >= 11 is 1.90. The normalized spacial score (nSPS) is 11.1. The Morgan fingerprint density at radius 2 is 1.74 bits per heavy atom. The lowest BCUT2D eigenvalue weighted by atomic mass is 10.2. The van der Waals surface area contributed by atoms with E-state index in [9.17, 15) is 31.9 Å². The van der Waals surface area contributed by atoms with Crippen molar-refractivity contribution in [3.63, 3.8) is 0 Å². The van der Waals surface area contributed by atoms with Crippen LogP contribution in [-0.4, -0.2) is 37.7 Å². The molecule has 204 valence electrons. The number of benzene rings is 3. The van der Waals surface area contributed by atoms with Gasteiger partial charge in [-0.15, -0.1) is 0 Å². The minimum absolute atomic E-state index is 0.0451. The average molecular weight is 658 g/mol. The molecule has 3 rings (SSSR count). The lowest BCUT2D eigenvalue weighted by molar-refractivity contribution is -0.137. The number of hydrazone groups is 1. The molecule has 0 aliphatic carbocycles. The number of nitrogens with one attached hydrogen (secondary N) is 3. The van der Waals surface area contributed by atoms with Crippen molar-refractivity contribution in [3.05, 3.63) is 81.2 Å². The van der Waals surface area contributed by atoms with E-state index in [4.69, 9.17) is 9.47 Å². The summed E-state index contributed by atoms with van der Waals surface area (Å²) in [4.78, 5) is 36.1. The van der Waals surface area contributed by atoms with E-state index in [-0.39, 0.29) is 22.9 Å². The maximum Gasteiger partial charge on any atom is 0.416 e. The minimum Gasteiger partial charge on any atom is -0.493 e. The Hall–Kier alpha value is -4.21. The van der Waals surface area contributed by atoms with Gasteiger partial charge in [-0.05, 0) is 70.6 Å². The van der Waals surface area contributed by atoms with Gasteiger partial charge in [0.25, 0.3) is 5.91 Å². The highest BCUT2D eigenvalue weighted by Gasteiger charge is 2.30. The van der Waals surface area contributed by atoms with Crippen LogP contribution in [0.2, 0.25) is 0 Å². The third-order valence-electron chi connectivity index (χ3n) is 4.78. The van der Waals surface area contributed by atoms with Crippen molar-refractivity contribution in [2.45, 2.75) is 6.18 Å². The third-order valence-corrected chi connectivity index (χ3v) is 5.58. The second kappa shape index (κ2) is 13.0. The molecule has 0 unspecified atom stereocenters. The molecule has 0 saturated heterocycles. The molecule has 3 N–H and O–H groups in total. The number of alkyl halides is 3. The molecule has 9 nitrogen and oxygen atoms in total. The predicted octanol–water partition coefficient (Wildman–Crippen LogP) is 4.56. The Morgan fingerprint density at radius 3 is 2.44 bits per heavy atom. The van der Waals surface area contributed by atoms with Crippen LogP contribution in [0.15, 0.2) is 65.8 Å². The zero-order valence-corrected chi connectivity index (χ0v) is 22.1. The molecule has 0 radical (unpaired) electrons. The number of halogens is 5. The summed E-state index contributed by atoms with van der Waals surface area (Å²) in [6, 6.07) is 12.5. The summed E-state index contributed by atoms with van der Waals surface area (Å²) in [7, 11) is 1.34. The van der Waals surface area contributed by atoms with Gasteiger partial charge < -0.3 is 20.1 Å². The van der Waals surface area contributed by atoms with Crippen molar-refractivity contribution in [2.24, 2.45) is 5.10 Å². The van der Waals surface area contributed by atoms with Crippen LogP contribution in [0, 0.1) is 9.39 Å². The monoisotopic (exact) mass is 658 g/mol. The Morgan fingerprint density at radius 1 is 1.00 bits per heavy atom. The van der Waals surface area contributed by atoms with Crippen molar-refractivity contribution in [3.8, 4) is 11.5 Å². The van der Waals surface area contributed by atoms with Crippen molar-refractivity contribution < 1.29 is 41.4 Å². The zero-order valence-electron chi connectivity index (χ0n) is 19.9. The first kappa shape index (κ1) is 29.3. The van der Waals surface area contributed by atoms with Crippen molar-refractivity contribution in [2.75, 3.05) is 24.4 Å². The van der Waals surface area contributed by atoms with Gasteiger partial charge in [-0.25, -0.2) is 9.82 Å². The molecule has 3 aromatic carbocycles. The van der Waals surface area contributed by atoms with Crippen molar-refractivity contribution >= 4 is 57.9 Å². The fraction of sp³-hybridized carbons (Fsp3) is 0.120. The molecule has 0 bridgehead atoms. The number of anilines is 2. The molecule has 3 aromatic rings. The summed E-state index contributed by atoms with van der Waals surface area (Å²) < 4.78 is 63.5. The van der Waals surface area contributed by atoms with Gasteiger partial charge in [-0.3, -0.25) is 14.4 Å². The summed E-state index contributed by atoms with van der Waals surface area (Å²) in [6.45, 7) is -0.525. The van der Waals surface area contributed by atoms with Crippen molar-refractivity contribution in [1.29, 1.82) is 0 Å². The molecule has 0 fully saturated rings. The first-order chi connectivity index (χ1) is 18.5. The molecular weight excluding hydrogens is 639 g/mol. The third kappa shape index (κ3) is 8.39. The summed E-state index contributed by atoms with van der Waals surface area (Å²) in [6.07, 6.45) is -3.34. The molecule has 0 atom stereocenters. The smallest absolute Gasteiger partial charge is 0.416 e. The maximum atomic E-state index is 13.6. The Kier molecular flexibility index (Phi) is 9.81. The molecule has 0 aliphatic rings. The molecular formula is C25H19F4IN4O5. The predicted molar refractivity (Wildman–Crippen MR) is 142 cm³/mol. The number of carbonyl (C=O) groups excluding carboxylic acids is 3. The average Bonchev–Trinajstić information content (AvgIpc) is 2.88. The largest absolute Gasteiger partial charge is 0.493 e. The van der Waals surface area contributed by atoms with E-state index in [2.05, 4.69) is 15.7 Å². The lowest BCUT2D eigenvalue weighted by Gasteiger charge is -2.14. The number of rotatable bonds is 8. The van der Waals surface area contributed by atoms with Crippen LogP contribution in [0.4, 0.5) is 28.9 Å². The van der Waals surface area contributed by atoms with Gasteiger partial charge in [-0.1, -0.05) is 18.2 Å². The van der Waals surface area contributed by atoms with Crippen LogP contribution in [0.5, 0.6) is 11.5 Å². The molecule has 39 heavy (non-hydrogen) atoms. The van der Waals surface area contributed by atoms with E-state index in [1.165, 1.54) is 49.7 Å². The van der Waals surface area contributed by atoms with Crippen molar-refractivity contribution in [1.82, 2.24) is 5.43 Å². The number of amides is 3. The Labute approximate surface area is 232 Å². The number of hydrogen-bond acceptors (Lipinski definition) is 6. The number of nitrogens with zero attached hydrogens (tertiary/aromatic N) is 1. The summed E-state index contributed by atoms with van der Waals surface area (Å²) in [5, 5.41) is 8.15. The van der Waals surface area contributed by atoms with Gasteiger partial charge >= 0.3 is 18.0 Å². The van der Waals surface area contributed by atoms with Gasteiger partial charge in [0.15, 0.2) is 18.1 Å². The van der Waals surface area contributed by atoms with Crippen LogP contribution >= 0.6 is 22.6 Å². The first-order valence-corrected chi connectivity index (χ1v) is 11.9. The van der Waals surface area contributed by atoms with Crippen LogP contribution < -0.4 is 25.5 Å². The number of carbonyl (C=O) groups is 3. The van der Waals surface area contributed by atoms with Gasteiger partial charge in [0.1, 0.15) is 5.82 Å². The lowest BCUT2D eigenvalue weighted by Crippen LogP contribution is -2.32. The number of para-hydroxylation sites is 1. The van der Waals surface area contributed by atoms with E-state index in [1.54, 1.807) is 6.07 Å². The van der Waals surface area contributed by atoms with E-state index < -0.39 is 41.9 Å². The van der Waals surface area contributed by atoms with Gasteiger partial charge in [0, 0.05) is 5.69 Å². The second-order valence-corrected chi connectivity index (χ2v) is 8.74. The molecule has 0 heterocycles. The van der Waals surface area contributed by atoms with Gasteiger partial charge in [0.2, 0.25) is 0 Å². The molecule has 3 amide bonds. The van der Waals surface area contributed by atoms with Crippen LogP contribution in [0.3, 0.4) is 0 Å². The molecule has 0 aliphatic heterocycles. The minimum atomic E-state index is -4.55. The zero-order chi connectivity index (χ0) is 28.6. The van der Waals surface area contributed by atoms with E-state index >= 15 is 0 Å². The van der Waals surface area contributed by atoms with Gasteiger partial charge in [-0.2, -0.15) is 18.3 Å². The first-order valence-electron chi connectivity index (χ1n) is 10.8. The number of ether oxygens (including phenoxy) is 2. The Bertz CT molecular complexity index is 1420. The fourth-order valence-corrected chi connectivity index (χ4v) is 3.80. The van der Waals surface area contributed by atoms with E-state index in [0.717, 1.165) is 18.2 Å². The highest BCUT2D eigenvalue weighted by molar-refractivity contribution is 14.1. The van der Waals surface area contributed by atoms with Gasteiger partial charge in [0.05, 0.1) is 28.1 Å². The topological polar surface area (TPSA) is 118 Å².